The number of aromatic nitrogens is 1. The Hall–Kier alpha value is -2.21. The maximum Gasteiger partial charge on any atom is 0.253 e. The highest BCUT2D eigenvalue weighted by Crippen LogP contribution is 2.17. The Bertz CT molecular complexity index is 743. The molecule has 1 N–H and O–H groups in total. The number of nitrogens with one attached hydrogen (secondary N) is 1. The van der Waals surface area contributed by atoms with Gasteiger partial charge in [-0.05, 0) is 31.2 Å². The normalized spacial score (nSPS) is 12.7. The molecule has 1 heterocycles. The van der Waals surface area contributed by atoms with Crippen LogP contribution in [0.3, 0.4) is 0 Å². The van der Waals surface area contributed by atoms with Crippen molar-refractivity contribution in [3.63, 3.8) is 0 Å². The molecule has 6 heteroatoms. The number of sulfone groups is 1. The summed E-state index contributed by atoms with van der Waals surface area (Å²) < 4.78 is 23.4. The van der Waals surface area contributed by atoms with Crippen molar-refractivity contribution in [2.45, 2.75) is 17.9 Å². The monoisotopic (exact) mass is 304 g/mol. The predicted molar refractivity (Wildman–Crippen MR) is 79.7 cm³/mol. The molecule has 0 saturated heterocycles. The Balaban J connectivity index is 2.26. The third-order valence-corrected chi connectivity index (χ3v) is 4.17. The van der Waals surface area contributed by atoms with E-state index in [2.05, 4.69) is 10.3 Å². The fraction of sp³-hybridized carbons (Fsp3) is 0.200. The number of carbonyl (C=O) groups is 1. The van der Waals surface area contributed by atoms with Crippen LogP contribution in [0.4, 0.5) is 0 Å². The first-order valence-electron chi connectivity index (χ1n) is 6.40. The van der Waals surface area contributed by atoms with Gasteiger partial charge in [0.1, 0.15) is 0 Å². The molecule has 1 unspecified atom stereocenters. The smallest absolute Gasteiger partial charge is 0.253 e. The number of hydrogen-bond acceptors (Lipinski definition) is 4. The Morgan fingerprint density at radius 1 is 1.14 bits per heavy atom. The minimum atomic E-state index is -3.46. The van der Waals surface area contributed by atoms with Gasteiger partial charge in [-0.25, -0.2) is 8.42 Å². The Morgan fingerprint density at radius 2 is 1.81 bits per heavy atom. The minimum Gasteiger partial charge on any atom is -0.344 e. The predicted octanol–water partition coefficient (Wildman–Crippen LogP) is 1.98. The number of nitrogens with zero attached hydrogens (tertiary/aromatic N) is 1. The average Bonchev–Trinajstić information content (AvgIpc) is 2.47. The molecule has 0 bridgehead atoms. The van der Waals surface area contributed by atoms with Gasteiger partial charge >= 0.3 is 0 Å². The molecule has 0 spiro atoms. The van der Waals surface area contributed by atoms with Crippen LogP contribution in [0.15, 0.2) is 53.6 Å². The zero-order valence-electron chi connectivity index (χ0n) is 11.8. The van der Waals surface area contributed by atoms with Crippen molar-refractivity contribution < 1.29 is 13.2 Å². The summed E-state index contributed by atoms with van der Waals surface area (Å²) >= 11 is 0. The molecule has 1 aromatic carbocycles. The molecule has 0 aliphatic carbocycles. The summed E-state index contributed by atoms with van der Waals surface area (Å²) in [4.78, 5) is 16.5. The summed E-state index contributed by atoms with van der Waals surface area (Å²) in [7, 11) is -3.46. The molecular weight excluding hydrogens is 288 g/mol. The lowest BCUT2D eigenvalue weighted by molar-refractivity contribution is 0.0936. The number of hydrogen-bond donors (Lipinski definition) is 1. The van der Waals surface area contributed by atoms with Gasteiger partial charge in [-0.2, -0.15) is 0 Å². The molecule has 0 aliphatic heterocycles. The van der Waals surface area contributed by atoms with Gasteiger partial charge in [0.25, 0.3) is 5.91 Å². The van der Waals surface area contributed by atoms with Crippen molar-refractivity contribution in [3.8, 4) is 0 Å². The molecule has 2 rings (SSSR count). The zero-order valence-corrected chi connectivity index (χ0v) is 12.6. The highest BCUT2D eigenvalue weighted by atomic mass is 32.2. The molecule has 5 nitrogen and oxygen atoms in total. The van der Waals surface area contributed by atoms with E-state index in [1.54, 1.807) is 37.4 Å². The van der Waals surface area contributed by atoms with Gasteiger partial charge < -0.3 is 5.32 Å². The lowest BCUT2D eigenvalue weighted by atomic mass is 10.1. The van der Waals surface area contributed by atoms with E-state index < -0.39 is 15.7 Å². The Kier molecular flexibility index (Phi) is 4.37. The Labute approximate surface area is 124 Å². The van der Waals surface area contributed by atoms with Crippen LogP contribution < -0.4 is 5.32 Å². The lowest BCUT2D eigenvalue weighted by Gasteiger charge is -2.14. The van der Waals surface area contributed by atoms with E-state index in [-0.39, 0.29) is 16.5 Å². The molecule has 1 atom stereocenters. The number of pyridine rings is 1. The van der Waals surface area contributed by atoms with E-state index in [1.165, 1.54) is 12.1 Å². The average molecular weight is 304 g/mol. The molecular formula is C15H16N2O3S. The van der Waals surface area contributed by atoms with Crippen LogP contribution in [-0.4, -0.2) is 25.6 Å². The van der Waals surface area contributed by atoms with Crippen LogP contribution in [0.5, 0.6) is 0 Å². The first-order valence-corrected chi connectivity index (χ1v) is 8.29. The van der Waals surface area contributed by atoms with E-state index in [0.29, 0.717) is 5.69 Å². The molecule has 1 amide bonds. The van der Waals surface area contributed by atoms with Crippen LogP contribution in [0.25, 0.3) is 0 Å². The largest absolute Gasteiger partial charge is 0.344 e. The summed E-state index contributed by atoms with van der Waals surface area (Å²) in [5.74, 6) is -0.436. The summed E-state index contributed by atoms with van der Waals surface area (Å²) in [5.41, 5.74) is 0.852. The maximum absolute atomic E-state index is 12.3. The number of rotatable bonds is 4. The van der Waals surface area contributed by atoms with Gasteiger partial charge in [0, 0.05) is 12.5 Å². The Morgan fingerprint density at radius 3 is 2.43 bits per heavy atom. The van der Waals surface area contributed by atoms with Gasteiger partial charge in [0.15, 0.2) is 9.84 Å². The standard InChI is InChI=1S/C15H16N2O3S/c1-11(13-8-5-6-10-16-13)17-15(18)12-7-3-4-9-14(12)21(2,19)20/h3-11H,1-2H3,(H,17,18). The van der Waals surface area contributed by atoms with Crippen LogP contribution in [0.2, 0.25) is 0 Å². The quantitative estimate of drug-likeness (QED) is 0.937. The van der Waals surface area contributed by atoms with Crippen molar-refractivity contribution in [1.82, 2.24) is 10.3 Å². The zero-order chi connectivity index (χ0) is 15.5. The first-order chi connectivity index (χ1) is 9.89. The fourth-order valence-electron chi connectivity index (χ4n) is 1.96. The van der Waals surface area contributed by atoms with E-state index in [4.69, 9.17) is 0 Å². The molecule has 0 fully saturated rings. The maximum atomic E-state index is 12.3. The third-order valence-electron chi connectivity index (χ3n) is 3.01. The fourth-order valence-corrected chi connectivity index (χ4v) is 2.84. The molecule has 1 aromatic heterocycles. The number of benzene rings is 1. The van der Waals surface area contributed by atoms with Crippen molar-refractivity contribution in [3.05, 3.63) is 59.9 Å². The third kappa shape index (κ3) is 3.66. The van der Waals surface area contributed by atoms with Crippen LogP contribution in [0, 0.1) is 0 Å². The minimum absolute atomic E-state index is 0.0238. The number of carbonyl (C=O) groups excluding carboxylic acids is 1. The van der Waals surface area contributed by atoms with Gasteiger partial charge in [0.05, 0.1) is 22.2 Å². The van der Waals surface area contributed by atoms with E-state index in [9.17, 15) is 13.2 Å². The van der Waals surface area contributed by atoms with Gasteiger partial charge in [0.2, 0.25) is 0 Å². The molecule has 0 radical (unpaired) electrons. The van der Waals surface area contributed by atoms with Crippen LogP contribution in [-0.2, 0) is 9.84 Å². The van der Waals surface area contributed by atoms with E-state index in [1.807, 2.05) is 6.07 Å². The second-order valence-corrected chi connectivity index (χ2v) is 6.70. The molecule has 110 valence electrons. The molecule has 0 saturated carbocycles. The highest BCUT2D eigenvalue weighted by Gasteiger charge is 2.19. The second-order valence-electron chi connectivity index (χ2n) is 4.72. The van der Waals surface area contributed by atoms with Gasteiger partial charge in [-0.3, -0.25) is 9.78 Å². The molecule has 21 heavy (non-hydrogen) atoms. The van der Waals surface area contributed by atoms with Crippen LogP contribution in [0.1, 0.15) is 29.0 Å². The van der Waals surface area contributed by atoms with Gasteiger partial charge in [-0.15, -0.1) is 0 Å². The van der Waals surface area contributed by atoms with Crippen molar-refractivity contribution in [2.75, 3.05) is 6.26 Å². The second kappa shape index (κ2) is 6.05. The highest BCUT2D eigenvalue weighted by molar-refractivity contribution is 7.90. The van der Waals surface area contributed by atoms with Crippen LogP contribution >= 0.6 is 0 Å². The SMILES string of the molecule is CC(NC(=O)c1ccccc1S(C)(=O)=O)c1ccccn1. The topological polar surface area (TPSA) is 76.1 Å². The molecule has 2 aromatic rings. The van der Waals surface area contributed by atoms with Crippen molar-refractivity contribution in [1.29, 1.82) is 0 Å². The summed E-state index contributed by atoms with van der Waals surface area (Å²) in [6.07, 6.45) is 2.73. The number of amides is 1. The first kappa shape index (κ1) is 15.2. The van der Waals surface area contributed by atoms with E-state index in [0.717, 1.165) is 6.26 Å². The van der Waals surface area contributed by atoms with Crippen molar-refractivity contribution >= 4 is 15.7 Å². The summed E-state index contributed by atoms with van der Waals surface area (Å²) in [6, 6.07) is 11.3. The summed E-state index contributed by atoms with van der Waals surface area (Å²) in [6.45, 7) is 1.79. The summed E-state index contributed by atoms with van der Waals surface area (Å²) in [5, 5.41) is 2.76. The van der Waals surface area contributed by atoms with Crippen molar-refractivity contribution in [2.24, 2.45) is 0 Å². The molecule has 0 aliphatic rings. The van der Waals surface area contributed by atoms with Gasteiger partial charge in [-0.1, -0.05) is 18.2 Å². The van der Waals surface area contributed by atoms with E-state index >= 15 is 0 Å². The lowest BCUT2D eigenvalue weighted by Crippen LogP contribution is -2.28.